The van der Waals surface area contributed by atoms with Crippen LogP contribution in [0.3, 0.4) is 0 Å². The first kappa shape index (κ1) is 20.8. The first-order chi connectivity index (χ1) is 12.6. The summed E-state index contributed by atoms with van der Waals surface area (Å²) in [5.41, 5.74) is 1.75. The molecule has 0 unspecified atom stereocenters. The smallest absolute Gasteiger partial charge is 0.378 e. The number of nitrogens with zero attached hydrogens (tertiary/aromatic N) is 2. The maximum Gasteiger partial charge on any atom is 0.416 e. The summed E-state index contributed by atoms with van der Waals surface area (Å²) in [6.45, 7) is 2.34. The fraction of sp³-hybridized carbons (Fsp3) is 0.350. The van der Waals surface area contributed by atoms with Crippen molar-refractivity contribution < 1.29 is 18.0 Å². The zero-order valence-corrected chi connectivity index (χ0v) is 15.8. The van der Waals surface area contributed by atoms with E-state index in [9.17, 15) is 18.0 Å². The van der Waals surface area contributed by atoms with Gasteiger partial charge >= 0.3 is 6.18 Å². The molecule has 2 aromatic carbocycles. The molecular weight excluding hydrogens is 355 g/mol. The first-order valence-corrected chi connectivity index (χ1v) is 8.52. The number of rotatable bonds is 6. The van der Waals surface area contributed by atoms with Gasteiger partial charge in [0.05, 0.1) is 11.6 Å². The average molecular weight is 379 g/mol. The maximum absolute atomic E-state index is 12.6. The van der Waals surface area contributed by atoms with E-state index in [-0.39, 0.29) is 5.91 Å². The Balaban J connectivity index is 1.95. The lowest BCUT2D eigenvalue weighted by Gasteiger charge is -2.24. The molecule has 0 aromatic heterocycles. The van der Waals surface area contributed by atoms with E-state index in [4.69, 9.17) is 0 Å². The zero-order chi connectivity index (χ0) is 20.2. The molecule has 27 heavy (non-hydrogen) atoms. The quantitative estimate of drug-likeness (QED) is 0.816. The number of amides is 1. The molecule has 0 aliphatic rings. The predicted molar refractivity (Wildman–Crippen MR) is 102 cm³/mol. The summed E-state index contributed by atoms with van der Waals surface area (Å²) in [4.78, 5) is 16.3. The van der Waals surface area contributed by atoms with Crippen molar-refractivity contribution in [3.63, 3.8) is 0 Å². The van der Waals surface area contributed by atoms with Crippen molar-refractivity contribution in [3.8, 4) is 0 Å². The Hall–Kier alpha value is -2.54. The summed E-state index contributed by atoms with van der Waals surface area (Å²) in [7, 11) is 5.76. The van der Waals surface area contributed by atoms with Gasteiger partial charge in [0, 0.05) is 32.0 Å². The van der Waals surface area contributed by atoms with Gasteiger partial charge in [0.25, 0.3) is 0 Å². The van der Waals surface area contributed by atoms with E-state index in [1.54, 1.807) is 6.92 Å². The standard InChI is InChI=1S/C20H24F3N3O/c1-14(26(4)13-15-5-11-18(12-6-15)25(2)3)19(27)24-17-9-7-16(8-10-17)20(21,22)23/h5-12,14H,13H2,1-4H3,(H,24,27)/t14-/m0/s1. The third-order valence-electron chi connectivity index (χ3n) is 4.41. The molecule has 0 spiro atoms. The Morgan fingerprint density at radius 1 is 1.00 bits per heavy atom. The number of halogens is 3. The van der Waals surface area contributed by atoms with E-state index in [1.165, 1.54) is 12.1 Å². The van der Waals surface area contributed by atoms with Gasteiger partial charge < -0.3 is 10.2 Å². The van der Waals surface area contributed by atoms with Crippen molar-refractivity contribution in [2.45, 2.75) is 25.7 Å². The number of nitrogens with one attached hydrogen (secondary N) is 1. The van der Waals surface area contributed by atoms with Gasteiger partial charge in [-0.25, -0.2) is 0 Å². The molecule has 0 bridgehead atoms. The van der Waals surface area contributed by atoms with Crippen LogP contribution in [-0.2, 0) is 17.5 Å². The van der Waals surface area contributed by atoms with Crippen LogP contribution in [0.5, 0.6) is 0 Å². The highest BCUT2D eigenvalue weighted by Gasteiger charge is 2.30. The van der Waals surface area contributed by atoms with Gasteiger partial charge in [-0.1, -0.05) is 12.1 Å². The van der Waals surface area contributed by atoms with E-state index >= 15 is 0 Å². The SMILES string of the molecule is C[C@@H](C(=O)Nc1ccc(C(F)(F)F)cc1)N(C)Cc1ccc(N(C)C)cc1. The van der Waals surface area contributed by atoms with Crippen LogP contribution in [-0.4, -0.2) is 38.0 Å². The lowest BCUT2D eigenvalue weighted by molar-refractivity contribution is -0.137. The number of anilines is 2. The minimum Gasteiger partial charge on any atom is -0.378 e. The highest BCUT2D eigenvalue weighted by molar-refractivity contribution is 5.94. The fourth-order valence-corrected chi connectivity index (χ4v) is 2.51. The number of alkyl halides is 3. The predicted octanol–water partition coefficient (Wildman–Crippen LogP) is 4.23. The maximum atomic E-state index is 12.6. The van der Waals surface area contributed by atoms with Crippen molar-refractivity contribution in [1.82, 2.24) is 4.90 Å². The Labute approximate surface area is 157 Å². The van der Waals surface area contributed by atoms with E-state index in [1.807, 2.05) is 55.2 Å². The van der Waals surface area contributed by atoms with Crippen LogP contribution in [0.1, 0.15) is 18.1 Å². The molecule has 0 saturated carbocycles. The van der Waals surface area contributed by atoms with Crippen LogP contribution in [0.4, 0.5) is 24.5 Å². The summed E-state index contributed by atoms with van der Waals surface area (Å²) < 4.78 is 37.8. The van der Waals surface area contributed by atoms with Gasteiger partial charge in [-0.3, -0.25) is 9.69 Å². The average Bonchev–Trinajstić information content (AvgIpc) is 2.61. The largest absolute Gasteiger partial charge is 0.416 e. The molecule has 1 N–H and O–H groups in total. The first-order valence-electron chi connectivity index (χ1n) is 8.52. The molecule has 0 aliphatic heterocycles. The topological polar surface area (TPSA) is 35.6 Å². The summed E-state index contributed by atoms with van der Waals surface area (Å²) in [5, 5.41) is 2.66. The third-order valence-corrected chi connectivity index (χ3v) is 4.41. The van der Waals surface area contributed by atoms with Crippen LogP contribution < -0.4 is 10.2 Å². The summed E-state index contributed by atoms with van der Waals surface area (Å²) >= 11 is 0. The second-order valence-electron chi connectivity index (χ2n) is 6.72. The molecule has 2 aromatic rings. The molecule has 4 nitrogen and oxygen atoms in total. The van der Waals surface area contributed by atoms with Gasteiger partial charge in [-0.15, -0.1) is 0 Å². The second kappa shape index (κ2) is 8.43. The van der Waals surface area contributed by atoms with E-state index in [0.717, 1.165) is 23.4 Å². The van der Waals surface area contributed by atoms with Gasteiger partial charge in [-0.2, -0.15) is 13.2 Å². The Morgan fingerprint density at radius 3 is 2.04 bits per heavy atom. The molecule has 0 saturated heterocycles. The normalized spacial score (nSPS) is 12.7. The van der Waals surface area contributed by atoms with Crippen molar-refractivity contribution >= 4 is 17.3 Å². The van der Waals surface area contributed by atoms with E-state index in [0.29, 0.717) is 12.2 Å². The van der Waals surface area contributed by atoms with Crippen LogP contribution in [0.15, 0.2) is 48.5 Å². The summed E-state index contributed by atoms with van der Waals surface area (Å²) in [6.07, 6.45) is -4.39. The van der Waals surface area contributed by atoms with Crippen molar-refractivity contribution in [3.05, 3.63) is 59.7 Å². The summed E-state index contributed by atoms with van der Waals surface area (Å²) in [6, 6.07) is 12.0. The molecular formula is C20H24F3N3O. The number of benzene rings is 2. The molecule has 0 heterocycles. The number of likely N-dealkylation sites (N-methyl/N-ethyl adjacent to an activating group) is 1. The molecule has 2 rings (SSSR count). The molecule has 0 radical (unpaired) electrons. The Morgan fingerprint density at radius 2 is 1.56 bits per heavy atom. The van der Waals surface area contributed by atoms with Gasteiger partial charge in [0.1, 0.15) is 0 Å². The van der Waals surface area contributed by atoms with Crippen LogP contribution in [0.2, 0.25) is 0 Å². The highest BCUT2D eigenvalue weighted by atomic mass is 19.4. The minimum atomic E-state index is -4.39. The zero-order valence-electron chi connectivity index (χ0n) is 15.8. The molecule has 146 valence electrons. The Kier molecular flexibility index (Phi) is 6.49. The number of carbonyl (C=O) groups is 1. The lowest BCUT2D eigenvalue weighted by atomic mass is 10.1. The monoisotopic (exact) mass is 379 g/mol. The van der Waals surface area contributed by atoms with Gasteiger partial charge in [-0.05, 0) is 55.9 Å². The third kappa shape index (κ3) is 5.72. The number of carbonyl (C=O) groups excluding carboxylic acids is 1. The molecule has 1 atom stereocenters. The second-order valence-corrected chi connectivity index (χ2v) is 6.72. The molecule has 0 aliphatic carbocycles. The van der Waals surface area contributed by atoms with Crippen LogP contribution in [0.25, 0.3) is 0 Å². The molecule has 1 amide bonds. The fourth-order valence-electron chi connectivity index (χ4n) is 2.51. The number of hydrogen-bond donors (Lipinski definition) is 1. The van der Waals surface area contributed by atoms with E-state index < -0.39 is 17.8 Å². The molecule has 0 fully saturated rings. The van der Waals surface area contributed by atoms with Crippen LogP contribution in [0, 0.1) is 0 Å². The van der Waals surface area contributed by atoms with Gasteiger partial charge in [0.15, 0.2) is 0 Å². The Bertz CT molecular complexity index is 756. The highest BCUT2D eigenvalue weighted by Crippen LogP contribution is 2.29. The minimum absolute atomic E-state index is 0.276. The van der Waals surface area contributed by atoms with Gasteiger partial charge in [0.2, 0.25) is 5.91 Å². The van der Waals surface area contributed by atoms with Crippen LogP contribution >= 0.6 is 0 Å². The van der Waals surface area contributed by atoms with E-state index in [2.05, 4.69) is 5.32 Å². The van der Waals surface area contributed by atoms with Crippen molar-refractivity contribution in [1.29, 1.82) is 0 Å². The van der Waals surface area contributed by atoms with Crippen molar-refractivity contribution in [2.75, 3.05) is 31.4 Å². The summed E-state index contributed by atoms with van der Waals surface area (Å²) in [5.74, 6) is -0.276. The van der Waals surface area contributed by atoms with Crippen molar-refractivity contribution in [2.24, 2.45) is 0 Å². The molecule has 7 heteroatoms. The lowest BCUT2D eigenvalue weighted by Crippen LogP contribution is -2.39. The number of hydrogen-bond acceptors (Lipinski definition) is 3.